The molecule has 12 heteroatoms. The number of carbonyl (C=O) groups is 1. The summed E-state index contributed by atoms with van der Waals surface area (Å²) in [5, 5.41) is 7.42. The highest BCUT2D eigenvalue weighted by Gasteiger charge is 2.40. The molecule has 0 spiro atoms. The first-order valence-electron chi connectivity index (χ1n) is 12.3. The molecule has 1 atom stereocenters. The van der Waals surface area contributed by atoms with Gasteiger partial charge in [0.15, 0.2) is 11.3 Å². The molecule has 39 heavy (non-hydrogen) atoms. The van der Waals surface area contributed by atoms with Gasteiger partial charge in [0.25, 0.3) is 0 Å². The van der Waals surface area contributed by atoms with E-state index in [2.05, 4.69) is 10.3 Å². The Bertz CT molecular complexity index is 1590. The van der Waals surface area contributed by atoms with Crippen molar-refractivity contribution in [3.05, 3.63) is 83.4 Å². The van der Waals surface area contributed by atoms with Crippen LogP contribution in [0.1, 0.15) is 36.0 Å². The zero-order chi connectivity index (χ0) is 27.6. The molecule has 1 aliphatic rings. The molecule has 5 rings (SSSR count). The Hall–Kier alpha value is -3.77. The Labute approximate surface area is 222 Å². The number of hydrogen-bond acceptors (Lipinski definition) is 7. The average molecular weight is 560 g/mol. The number of nitrogens with zero attached hydrogens (tertiary/aromatic N) is 3. The molecular weight excluding hydrogens is 535 g/mol. The lowest BCUT2D eigenvalue weighted by Gasteiger charge is -2.23. The monoisotopic (exact) mass is 559 g/mol. The number of halogens is 3. The van der Waals surface area contributed by atoms with Crippen LogP contribution in [0.25, 0.3) is 11.0 Å². The number of alkyl halides is 3. The minimum Gasteiger partial charge on any atom is -0.489 e. The van der Waals surface area contributed by atoms with Gasteiger partial charge in [0, 0.05) is 13.0 Å². The molecule has 1 fully saturated rings. The normalized spacial score (nSPS) is 16.5. The van der Waals surface area contributed by atoms with Crippen molar-refractivity contribution in [3.8, 4) is 5.75 Å². The zero-order valence-corrected chi connectivity index (χ0v) is 21.4. The third-order valence-electron chi connectivity index (χ3n) is 6.66. The van der Waals surface area contributed by atoms with Crippen molar-refractivity contribution in [2.24, 2.45) is 0 Å². The lowest BCUT2D eigenvalue weighted by Crippen LogP contribution is -2.40. The maximum atomic E-state index is 13.4. The first-order chi connectivity index (χ1) is 18.6. The molecule has 0 aliphatic carbocycles. The summed E-state index contributed by atoms with van der Waals surface area (Å²) in [6.07, 6.45) is -2.89. The van der Waals surface area contributed by atoms with Crippen LogP contribution in [0.15, 0.2) is 76.3 Å². The Morgan fingerprint density at radius 2 is 1.79 bits per heavy atom. The lowest BCUT2D eigenvalue weighted by atomic mass is 10.0. The molecule has 1 aliphatic heterocycles. The van der Waals surface area contributed by atoms with Gasteiger partial charge in [-0.25, -0.2) is 13.0 Å². The van der Waals surface area contributed by atoms with Gasteiger partial charge in [-0.1, -0.05) is 30.3 Å². The van der Waals surface area contributed by atoms with Gasteiger partial charge in [-0.2, -0.15) is 17.5 Å². The predicted octanol–water partition coefficient (Wildman–Crippen LogP) is 5.18. The number of ether oxygens (including phenoxy) is 1. The van der Waals surface area contributed by atoms with Gasteiger partial charge < -0.3 is 4.74 Å². The van der Waals surface area contributed by atoms with E-state index in [1.54, 1.807) is 30.3 Å². The van der Waals surface area contributed by atoms with Crippen LogP contribution in [0.4, 0.5) is 13.2 Å². The van der Waals surface area contributed by atoms with E-state index in [1.165, 1.54) is 22.5 Å². The summed E-state index contributed by atoms with van der Waals surface area (Å²) < 4.78 is 76.8. The highest BCUT2D eigenvalue weighted by atomic mass is 32.2. The summed E-state index contributed by atoms with van der Waals surface area (Å²) in [5.74, 6) is 0.330. The van der Waals surface area contributed by atoms with E-state index in [1.807, 2.05) is 6.07 Å². The van der Waals surface area contributed by atoms with Gasteiger partial charge in [0.2, 0.25) is 10.0 Å². The van der Waals surface area contributed by atoms with Gasteiger partial charge in [-0.3, -0.25) is 4.79 Å². The van der Waals surface area contributed by atoms with E-state index in [-0.39, 0.29) is 35.8 Å². The quantitative estimate of drug-likeness (QED) is 0.279. The number of Topliss-reactive ketones (excluding diaryl/α,β-unsaturated/α-hetero) is 1. The first-order valence-corrected chi connectivity index (χ1v) is 13.7. The topological polar surface area (TPSA) is 103 Å². The smallest absolute Gasteiger partial charge is 0.416 e. The molecule has 8 nitrogen and oxygen atoms in total. The molecular formula is C27H24F3N3O5S. The van der Waals surface area contributed by atoms with Gasteiger partial charge in [0.1, 0.15) is 22.8 Å². The summed E-state index contributed by atoms with van der Waals surface area (Å²) in [7, 11) is -4.00. The van der Waals surface area contributed by atoms with Crippen LogP contribution in [-0.4, -0.2) is 41.4 Å². The molecule has 4 aromatic rings. The van der Waals surface area contributed by atoms with Crippen molar-refractivity contribution in [1.82, 2.24) is 14.6 Å². The summed E-state index contributed by atoms with van der Waals surface area (Å²) in [4.78, 5) is 13.1. The SMILES string of the molecule is O=C(CCc1cccc(OCc2ccc(C(F)(F)F)cc2)c1)[C@@H]1CCCN1S(=O)(=O)c1cccc2nonc12. The summed E-state index contributed by atoms with van der Waals surface area (Å²) in [5.41, 5.74) is 1.13. The van der Waals surface area contributed by atoms with E-state index in [0.717, 1.165) is 17.7 Å². The largest absolute Gasteiger partial charge is 0.489 e. The fraction of sp³-hybridized carbons (Fsp3) is 0.296. The number of ketones is 1. The number of sulfonamides is 1. The second kappa shape index (κ2) is 10.8. The number of aryl methyl sites for hydroxylation is 1. The third-order valence-corrected chi connectivity index (χ3v) is 8.60. The summed E-state index contributed by atoms with van der Waals surface area (Å²) >= 11 is 0. The lowest BCUT2D eigenvalue weighted by molar-refractivity contribution is -0.137. The van der Waals surface area contributed by atoms with E-state index >= 15 is 0 Å². The Morgan fingerprint density at radius 3 is 2.56 bits per heavy atom. The van der Waals surface area contributed by atoms with Crippen LogP contribution in [0, 0.1) is 0 Å². The Morgan fingerprint density at radius 1 is 1.03 bits per heavy atom. The summed E-state index contributed by atoms with van der Waals surface area (Å²) in [6, 6.07) is 15.6. The highest BCUT2D eigenvalue weighted by Crippen LogP contribution is 2.31. The first kappa shape index (κ1) is 26.8. The second-order valence-electron chi connectivity index (χ2n) is 9.26. The predicted molar refractivity (Wildman–Crippen MR) is 134 cm³/mol. The summed E-state index contributed by atoms with van der Waals surface area (Å²) in [6.45, 7) is 0.316. The minimum absolute atomic E-state index is 0.0427. The molecule has 1 saturated heterocycles. The fourth-order valence-electron chi connectivity index (χ4n) is 4.65. The number of hydrogen-bond donors (Lipinski definition) is 0. The molecule has 0 N–H and O–H groups in total. The molecule has 0 amide bonds. The molecule has 2 heterocycles. The van der Waals surface area contributed by atoms with Crippen LogP contribution in [0.2, 0.25) is 0 Å². The average Bonchev–Trinajstić information content (AvgIpc) is 3.61. The van der Waals surface area contributed by atoms with Crippen molar-refractivity contribution < 1.29 is 35.7 Å². The molecule has 204 valence electrons. The standard InChI is InChI=1S/C27H24F3N3O5S/c28-27(29,30)20-12-9-19(10-13-20)17-37-21-5-1-4-18(16-21)11-14-24(34)23-7-3-15-33(23)39(35,36)25-8-2-6-22-26(25)32-38-31-22/h1-2,4-6,8-10,12-13,16,23H,3,7,11,14-15,17H2/t23-/m0/s1. The third kappa shape index (κ3) is 5.81. The van der Waals surface area contributed by atoms with E-state index < -0.39 is 27.8 Å². The number of benzene rings is 3. The molecule has 1 aromatic heterocycles. The molecule has 0 bridgehead atoms. The van der Waals surface area contributed by atoms with Gasteiger partial charge in [-0.15, -0.1) is 0 Å². The van der Waals surface area contributed by atoms with Crippen molar-refractivity contribution in [2.45, 2.75) is 49.4 Å². The van der Waals surface area contributed by atoms with E-state index in [0.29, 0.717) is 36.1 Å². The van der Waals surface area contributed by atoms with Gasteiger partial charge in [0.05, 0.1) is 11.6 Å². The number of rotatable bonds is 9. The fourth-order valence-corrected chi connectivity index (χ4v) is 6.46. The maximum absolute atomic E-state index is 13.4. The molecule has 3 aromatic carbocycles. The minimum atomic E-state index is -4.40. The van der Waals surface area contributed by atoms with Crippen LogP contribution in [0.5, 0.6) is 5.75 Å². The van der Waals surface area contributed by atoms with E-state index in [9.17, 15) is 26.4 Å². The van der Waals surface area contributed by atoms with Crippen LogP contribution in [0.3, 0.4) is 0 Å². The van der Waals surface area contributed by atoms with E-state index in [4.69, 9.17) is 9.37 Å². The van der Waals surface area contributed by atoms with Crippen LogP contribution < -0.4 is 4.74 Å². The van der Waals surface area contributed by atoms with Crippen molar-refractivity contribution in [3.63, 3.8) is 0 Å². The Kier molecular flexibility index (Phi) is 7.41. The van der Waals surface area contributed by atoms with Crippen molar-refractivity contribution in [2.75, 3.05) is 6.54 Å². The van der Waals surface area contributed by atoms with Crippen LogP contribution in [-0.2, 0) is 34.0 Å². The van der Waals surface area contributed by atoms with Crippen molar-refractivity contribution in [1.29, 1.82) is 0 Å². The van der Waals surface area contributed by atoms with Gasteiger partial charge in [-0.05, 0) is 77.1 Å². The molecule has 0 unspecified atom stereocenters. The van der Waals surface area contributed by atoms with Crippen LogP contribution >= 0.6 is 0 Å². The van der Waals surface area contributed by atoms with Gasteiger partial charge >= 0.3 is 6.18 Å². The Balaban J connectivity index is 1.21. The number of aromatic nitrogens is 2. The maximum Gasteiger partial charge on any atom is 0.416 e. The number of carbonyl (C=O) groups excluding carboxylic acids is 1. The highest BCUT2D eigenvalue weighted by molar-refractivity contribution is 7.89. The second-order valence-corrected chi connectivity index (χ2v) is 11.1. The zero-order valence-electron chi connectivity index (χ0n) is 20.6. The van der Waals surface area contributed by atoms with Crippen molar-refractivity contribution >= 4 is 26.8 Å². The molecule has 0 saturated carbocycles. The molecule has 0 radical (unpaired) electrons. The number of fused-ring (bicyclic) bond motifs is 1.